The van der Waals surface area contributed by atoms with Crippen molar-refractivity contribution < 1.29 is 9.53 Å². The van der Waals surface area contributed by atoms with Crippen molar-refractivity contribution in [1.82, 2.24) is 5.32 Å². The van der Waals surface area contributed by atoms with Crippen molar-refractivity contribution in [3.05, 3.63) is 0 Å². The van der Waals surface area contributed by atoms with Crippen molar-refractivity contribution >= 4 is 17.9 Å². The molecule has 156 valence electrons. The first kappa shape index (κ1) is 25.6. The molecule has 0 aliphatic carbocycles. The molecule has 1 N–H and O–H groups in total. The highest BCUT2D eigenvalue weighted by Crippen LogP contribution is 2.13. The molecule has 0 saturated carbocycles. The number of thioether (sulfide) groups is 1. The summed E-state index contributed by atoms with van der Waals surface area (Å²) in [5.74, 6) is 0.939. The molecule has 0 saturated heterocycles. The fourth-order valence-electron chi connectivity index (χ4n) is 3.12. The van der Waals surface area contributed by atoms with Crippen molar-refractivity contribution in [1.29, 1.82) is 0 Å². The van der Waals surface area contributed by atoms with E-state index in [1.165, 1.54) is 96.3 Å². The lowest BCUT2D eigenvalue weighted by Crippen LogP contribution is -2.26. The van der Waals surface area contributed by atoms with Gasteiger partial charge in [0.2, 0.25) is 0 Å². The summed E-state index contributed by atoms with van der Waals surface area (Å²) in [6.45, 7) is 3.53. The van der Waals surface area contributed by atoms with Crippen LogP contribution < -0.4 is 5.32 Å². The molecule has 0 aromatic carbocycles. The Hall–Kier alpha value is -0.380. The molecule has 1 amide bonds. The lowest BCUT2D eigenvalue weighted by Gasteiger charge is -2.06. The average Bonchev–Trinajstić information content (AvgIpc) is 2.64. The Morgan fingerprint density at radius 1 is 0.731 bits per heavy atom. The Morgan fingerprint density at radius 2 is 1.15 bits per heavy atom. The van der Waals surface area contributed by atoms with Crippen molar-refractivity contribution in [3.8, 4) is 0 Å². The normalized spacial score (nSPS) is 10.8. The average molecular weight is 388 g/mol. The third-order valence-electron chi connectivity index (χ3n) is 4.81. The van der Waals surface area contributed by atoms with E-state index in [4.69, 9.17) is 4.74 Å². The smallest absolute Gasteiger partial charge is 0.407 e. The fourth-order valence-corrected chi connectivity index (χ4v) is 3.43. The number of unbranched alkanes of at least 4 members (excludes halogenated alkanes) is 15. The predicted octanol–water partition coefficient (Wildman–Crippen LogP) is 7.34. The molecule has 0 aromatic rings. The number of nitrogens with one attached hydrogen (secondary N) is 1. The Morgan fingerprint density at radius 3 is 1.58 bits per heavy atom. The summed E-state index contributed by atoms with van der Waals surface area (Å²) in [5, 5.41) is 2.76. The Bertz CT molecular complexity index is 287. The van der Waals surface area contributed by atoms with Crippen LogP contribution in [0.15, 0.2) is 0 Å². The number of carbonyl (C=O) groups is 1. The van der Waals surface area contributed by atoms with Gasteiger partial charge in [0.15, 0.2) is 0 Å². The molecule has 0 atom stereocenters. The Kier molecular flexibility index (Phi) is 22.3. The summed E-state index contributed by atoms with van der Waals surface area (Å²) < 4.78 is 5.15. The molecule has 0 bridgehead atoms. The summed E-state index contributed by atoms with van der Waals surface area (Å²) in [6.07, 6.45) is 23.6. The molecule has 4 heteroatoms. The van der Waals surface area contributed by atoms with Gasteiger partial charge in [-0.2, -0.15) is 11.8 Å². The minimum Gasteiger partial charge on any atom is -0.450 e. The van der Waals surface area contributed by atoms with Crippen LogP contribution >= 0.6 is 11.8 Å². The maximum Gasteiger partial charge on any atom is 0.407 e. The maximum atomic E-state index is 11.3. The number of hydrogen-bond acceptors (Lipinski definition) is 3. The maximum absolute atomic E-state index is 11.3. The van der Waals surface area contributed by atoms with Gasteiger partial charge in [-0.1, -0.05) is 103 Å². The largest absolute Gasteiger partial charge is 0.450 e. The third-order valence-corrected chi connectivity index (χ3v) is 5.42. The number of rotatable bonds is 20. The molecular weight excluding hydrogens is 342 g/mol. The molecule has 0 rings (SSSR count). The van der Waals surface area contributed by atoms with Crippen LogP contribution in [0, 0.1) is 0 Å². The van der Waals surface area contributed by atoms with Gasteiger partial charge >= 0.3 is 6.09 Å². The van der Waals surface area contributed by atoms with E-state index in [0.717, 1.165) is 12.2 Å². The van der Waals surface area contributed by atoms with Crippen LogP contribution in [0.1, 0.15) is 110 Å². The van der Waals surface area contributed by atoms with Crippen LogP contribution in [0.4, 0.5) is 4.79 Å². The van der Waals surface area contributed by atoms with Gasteiger partial charge in [0.25, 0.3) is 0 Å². The minimum absolute atomic E-state index is 0.264. The standard InChI is InChI=1S/C22H45NO2S/c1-3-4-5-6-7-8-9-10-11-12-13-14-15-16-17-18-20-25-22(24)23-19-21-26-2/h3-21H2,1-2H3,(H,23,24). The predicted molar refractivity (Wildman–Crippen MR) is 117 cm³/mol. The molecule has 0 aromatic heterocycles. The number of ether oxygens (including phenoxy) is 1. The second kappa shape index (κ2) is 22.7. The lowest BCUT2D eigenvalue weighted by atomic mass is 10.0. The van der Waals surface area contributed by atoms with E-state index in [1.54, 1.807) is 11.8 Å². The first-order valence-corrected chi connectivity index (χ1v) is 12.6. The summed E-state index contributed by atoms with van der Waals surface area (Å²) in [6, 6.07) is 0. The third kappa shape index (κ3) is 21.7. The van der Waals surface area contributed by atoms with Crippen molar-refractivity contribution in [2.45, 2.75) is 110 Å². The molecular formula is C22H45NO2S. The molecule has 0 aliphatic rings. The van der Waals surface area contributed by atoms with Crippen LogP contribution in [0.5, 0.6) is 0 Å². The lowest BCUT2D eigenvalue weighted by molar-refractivity contribution is 0.144. The van der Waals surface area contributed by atoms with Crippen LogP contribution in [-0.4, -0.2) is 31.3 Å². The SMILES string of the molecule is CCCCCCCCCCCCCCCCCCOC(=O)NCCSC. The fraction of sp³-hybridized carbons (Fsp3) is 0.955. The van der Waals surface area contributed by atoms with Crippen LogP contribution in [-0.2, 0) is 4.74 Å². The molecule has 0 fully saturated rings. The molecule has 0 heterocycles. The molecule has 0 aliphatic heterocycles. The summed E-state index contributed by atoms with van der Waals surface area (Å²) in [5.41, 5.74) is 0. The number of hydrogen-bond donors (Lipinski definition) is 1. The molecule has 26 heavy (non-hydrogen) atoms. The topological polar surface area (TPSA) is 38.3 Å². The van der Waals surface area contributed by atoms with Crippen LogP contribution in [0.25, 0.3) is 0 Å². The van der Waals surface area contributed by atoms with E-state index in [1.807, 2.05) is 6.26 Å². The van der Waals surface area contributed by atoms with Crippen LogP contribution in [0.3, 0.4) is 0 Å². The molecule has 3 nitrogen and oxygen atoms in total. The monoisotopic (exact) mass is 387 g/mol. The highest BCUT2D eigenvalue weighted by Gasteiger charge is 2.00. The van der Waals surface area contributed by atoms with Gasteiger partial charge in [0.1, 0.15) is 0 Å². The molecule has 0 spiro atoms. The number of amides is 1. The number of carbonyl (C=O) groups excluding carboxylic acids is 1. The van der Waals surface area contributed by atoms with Crippen molar-refractivity contribution in [2.24, 2.45) is 0 Å². The minimum atomic E-state index is -0.264. The zero-order valence-corrected chi connectivity index (χ0v) is 18.5. The highest BCUT2D eigenvalue weighted by molar-refractivity contribution is 7.98. The van der Waals surface area contributed by atoms with Gasteiger partial charge in [0.05, 0.1) is 6.61 Å². The summed E-state index contributed by atoms with van der Waals surface area (Å²) >= 11 is 1.72. The summed E-state index contributed by atoms with van der Waals surface area (Å²) in [7, 11) is 0. The summed E-state index contributed by atoms with van der Waals surface area (Å²) in [4.78, 5) is 11.3. The van der Waals surface area contributed by atoms with E-state index in [2.05, 4.69) is 12.2 Å². The van der Waals surface area contributed by atoms with E-state index in [9.17, 15) is 4.79 Å². The first-order valence-electron chi connectivity index (χ1n) is 11.2. The van der Waals surface area contributed by atoms with Crippen molar-refractivity contribution in [3.63, 3.8) is 0 Å². The van der Waals surface area contributed by atoms with E-state index < -0.39 is 0 Å². The van der Waals surface area contributed by atoms with E-state index >= 15 is 0 Å². The van der Waals surface area contributed by atoms with Gasteiger partial charge in [-0.15, -0.1) is 0 Å². The van der Waals surface area contributed by atoms with Crippen LogP contribution in [0.2, 0.25) is 0 Å². The van der Waals surface area contributed by atoms with E-state index in [0.29, 0.717) is 13.2 Å². The first-order chi connectivity index (χ1) is 12.8. The second-order valence-corrected chi connectivity index (χ2v) is 8.34. The van der Waals surface area contributed by atoms with Gasteiger partial charge in [-0.05, 0) is 12.7 Å². The van der Waals surface area contributed by atoms with Gasteiger partial charge in [-0.25, -0.2) is 4.79 Å². The number of alkyl carbamates (subject to hydrolysis) is 1. The zero-order valence-electron chi connectivity index (χ0n) is 17.7. The second-order valence-electron chi connectivity index (χ2n) is 7.36. The molecule has 0 unspecified atom stereocenters. The quantitative estimate of drug-likeness (QED) is 0.222. The highest BCUT2D eigenvalue weighted by atomic mass is 32.2. The Labute approximate surface area is 167 Å². The Balaban J connectivity index is 3.06. The molecule has 0 radical (unpaired) electrons. The van der Waals surface area contributed by atoms with Gasteiger partial charge in [-0.3, -0.25) is 0 Å². The van der Waals surface area contributed by atoms with Gasteiger partial charge < -0.3 is 10.1 Å². The zero-order chi connectivity index (χ0) is 19.1. The van der Waals surface area contributed by atoms with Crippen molar-refractivity contribution in [2.75, 3.05) is 25.2 Å². The van der Waals surface area contributed by atoms with Gasteiger partial charge in [0, 0.05) is 12.3 Å². The van der Waals surface area contributed by atoms with E-state index in [-0.39, 0.29) is 6.09 Å².